The molecule has 2 aliphatic rings. The summed E-state index contributed by atoms with van der Waals surface area (Å²) in [6, 6.07) is 0. The summed E-state index contributed by atoms with van der Waals surface area (Å²) in [6.45, 7) is 6.26. The number of rotatable bonds is 2. The largest absolute Gasteiger partial charge is 0.342 e. The van der Waals surface area contributed by atoms with Gasteiger partial charge in [-0.25, -0.2) is 0 Å². The van der Waals surface area contributed by atoms with Crippen molar-refractivity contribution in [1.82, 2.24) is 4.90 Å². The number of carbonyl (C=O) groups is 1. The third-order valence-corrected chi connectivity index (χ3v) is 4.23. The summed E-state index contributed by atoms with van der Waals surface area (Å²) in [5, 5.41) is 0. The molecule has 2 rings (SSSR count). The van der Waals surface area contributed by atoms with E-state index >= 15 is 0 Å². The molecule has 86 valence electrons. The highest BCUT2D eigenvalue weighted by molar-refractivity contribution is 5.82. The second-order valence-electron chi connectivity index (χ2n) is 5.92. The molecule has 0 atom stereocenters. The van der Waals surface area contributed by atoms with Crippen molar-refractivity contribution in [2.75, 3.05) is 19.6 Å². The van der Waals surface area contributed by atoms with Crippen LogP contribution in [0, 0.1) is 10.8 Å². The zero-order valence-electron chi connectivity index (χ0n) is 9.88. The molecule has 1 aliphatic carbocycles. The molecule has 0 aromatic rings. The van der Waals surface area contributed by atoms with Crippen LogP contribution in [0.4, 0.5) is 0 Å². The Labute approximate surface area is 92.0 Å². The van der Waals surface area contributed by atoms with Crippen molar-refractivity contribution in [3.63, 3.8) is 0 Å². The molecule has 2 fully saturated rings. The monoisotopic (exact) mass is 210 g/mol. The first-order valence-electron chi connectivity index (χ1n) is 5.99. The lowest BCUT2D eigenvalue weighted by atomic mass is 9.68. The predicted molar refractivity (Wildman–Crippen MR) is 60.3 cm³/mol. The zero-order valence-corrected chi connectivity index (χ0v) is 9.88. The SMILES string of the molecule is CC(C)(CN)C(=O)N1CCC2(CCC2)C1. The van der Waals surface area contributed by atoms with Crippen molar-refractivity contribution >= 4 is 5.91 Å². The number of amides is 1. The van der Waals surface area contributed by atoms with Crippen LogP contribution in [0.3, 0.4) is 0 Å². The lowest BCUT2D eigenvalue weighted by molar-refractivity contribution is -0.139. The Bertz CT molecular complexity index is 269. The van der Waals surface area contributed by atoms with E-state index in [1.807, 2.05) is 18.7 Å². The molecule has 2 N–H and O–H groups in total. The van der Waals surface area contributed by atoms with E-state index < -0.39 is 0 Å². The second-order valence-corrected chi connectivity index (χ2v) is 5.92. The van der Waals surface area contributed by atoms with Crippen LogP contribution >= 0.6 is 0 Å². The highest BCUT2D eigenvalue weighted by Crippen LogP contribution is 2.48. The van der Waals surface area contributed by atoms with Gasteiger partial charge in [-0.05, 0) is 38.5 Å². The molecule has 0 unspecified atom stereocenters. The Morgan fingerprint density at radius 2 is 2.07 bits per heavy atom. The fraction of sp³-hybridized carbons (Fsp3) is 0.917. The Morgan fingerprint density at radius 1 is 1.40 bits per heavy atom. The molecule has 1 spiro atoms. The Balaban J connectivity index is 1.98. The van der Waals surface area contributed by atoms with Gasteiger partial charge in [0.1, 0.15) is 0 Å². The van der Waals surface area contributed by atoms with Crippen molar-refractivity contribution < 1.29 is 4.79 Å². The molecular weight excluding hydrogens is 188 g/mol. The van der Waals surface area contributed by atoms with Crippen LogP contribution in [0.25, 0.3) is 0 Å². The van der Waals surface area contributed by atoms with Gasteiger partial charge in [-0.3, -0.25) is 4.79 Å². The Kier molecular flexibility index (Phi) is 2.53. The highest BCUT2D eigenvalue weighted by atomic mass is 16.2. The maximum atomic E-state index is 12.2. The van der Waals surface area contributed by atoms with Crippen LogP contribution in [0.5, 0.6) is 0 Å². The summed E-state index contributed by atoms with van der Waals surface area (Å²) >= 11 is 0. The van der Waals surface area contributed by atoms with Crippen LogP contribution in [0.2, 0.25) is 0 Å². The summed E-state index contributed by atoms with van der Waals surface area (Å²) in [5.74, 6) is 0.244. The maximum Gasteiger partial charge on any atom is 0.229 e. The van der Waals surface area contributed by atoms with Crippen molar-refractivity contribution in [2.24, 2.45) is 16.6 Å². The third kappa shape index (κ3) is 1.78. The number of hydrogen-bond acceptors (Lipinski definition) is 2. The topological polar surface area (TPSA) is 46.3 Å². The fourth-order valence-corrected chi connectivity index (χ4v) is 2.71. The number of nitrogens with zero attached hydrogens (tertiary/aromatic N) is 1. The van der Waals surface area contributed by atoms with Gasteiger partial charge in [-0.2, -0.15) is 0 Å². The fourth-order valence-electron chi connectivity index (χ4n) is 2.71. The third-order valence-electron chi connectivity index (χ3n) is 4.23. The van der Waals surface area contributed by atoms with Crippen LogP contribution < -0.4 is 5.73 Å². The molecule has 0 aromatic carbocycles. The van der Waals surface area contributed by atoms with E-state index in [1.165, 1.54) is 25.7 Å². The molecular formula is C12H22N2O. The van der Waals surface area contributed by atoms with E-state index in [-0.39, 0.29) is 11.3 Å². The quantitative estimate of drug-likeness (QED) is 0.748. The average molecular weight is 210 g/mol. The minimum absolute atomic E-state index is 0.244. The Morgan fingerprint density at radius 3 is 2.47 bits per heavy atom. The molecule has 1 saturated carbocycles. The zero-order chi connectivity index (χ0) is 11.1. The summed E-state index contributed by atoms with van der Waals surface area (Å²) < 4.78 is 0. The van der Waals surface area contributed by atoms with Gasteiger partial charge in [0.2, 0.25) is 5.91 Å². The molecule has 3 heteroatoms. The van der Waals surface area contributed by atoms with Crippen LogP contribution in [0.15, 0.2) is 0 Å². The van der Waals surface area contributed by atoms with Crippen LogP contribution in [-0.4, -0.2) is 30.4 Å². The summed E-state index contributed by atoms with van der Waals surface area (Å²) in [5.41, 5.74) is 5.76. The molecule has 1 aliphatic heterocycles. The van der Waals surface area contributed by atoms with Gasteiger partial charge in [0.15, 0.2) is 0 Å². The number of likely N-dealkylation sites (tertiary alicyclic amines) is 1. The van der Waals surface area contributed by atoms with Gasteiger partial charge in [-0.15, -0.1) is 0 Å². The Hall–Kier alpha value is -0.570. The second kappa shape index (κ2) is 3.48. The number of hydrogen-bond donors (Lipinski definition) is 1. The molecule has 0 bridgehead atoms. The standard InChI is InChI=1S/C12H22N2O/c1-11(2,8-13)10(15)14-7-6-12(9-14)4-3-5-12/h3-9,13H2,1-2H3. The van der Waals surface area contributed by atoms with E-state index in [0.29, 0.717) is 12.0 Å². The van der Waals surface area contributed by atoms with Gasteiger partial charge >= 0.3 is 0 Å². The summed E-state index contributed by atoms with van der Waals surface area (Å²) in [6.07, 6.45) is 5.20. The smallest absolute Gasteiger partial charge is 0.229 e. The molecule has 1 heterocycles. The van der Waals surface area contributed by atoms with Crippen molar-refractivity contribution in [3.05, 3.63) is 0 Å². The number of carbonyl (C=O) groups excluding carboxylic acids is 1. The molecule has 15 heavy (non-hydrogen) atoms. The minimum Gasteiger partial charge on any atom is -0.342 e. The van der Waals surface area contributed by atoms with Gasteiger partial charge < -0.3 is 10.6 Å². The van der Waals surface area contributed by atoms with Gasteiger partial charge in [0.05, 0.1) is 5.41 Å². The van der Waals surface area contributed by atoms with Crippen LogP contribution in [-0.2, 0) is 4.79 Å². The highest BCUT2D eigenvalue weighted by Gasteiger charge is 2.46. The predicted octanol–water partition coefficient (Wildman–Crippen LogP) is 1.37. The van der Waals surface area contributed by atoms with Gasteiger partial charge in [0.25, 0.3) is 0 Å². The lowest BCUT2D eigenvalue weighted by Gasteiger charge is -2.38. The molecule has 1 amide bonds. The molecule has 0 aromatic heterocycles. The van der Waals surface area contributed by atoms with Crippen molar-refractivity contribution in [3.8, 4) is 0 Å². The maximum absolute atomic E-state index is 12.2. The first-order chi connectivity index (χ1) is 6.99. The van der Waals surface area contributed by atoms with E-state index in [9.17, 15) is 4.79 Å². The van der Waals surface area contributed by atoms with E-state index in [0.717, 1.165) is 13.1 Å². The summed E-state index contributed by atoms with van der Waals surface area (Å²) in [7, 11) is 0. The van der Waals surface area contributed by atoms with E-state index in [1.54, 1.807) is 0 Å². The van der Waals surface area contributed by atoms with Crippen molar-refractivity contribution in [1.29, 1.82) is 0 Å². The van der Waals surface area contributed by atoms with Gasteiger partial charge in [-0.1, -0.05) is 6.42 Å². The minimum atomic E-state index is -0.380. The average Bonchev–Trinajstić information content (AvgIpc) is 2.60. The van der Waals surface area contributed by atoms with Crippen molar-refractivity contribution in [2.45, 2.75) is 39.5 Å². The first kappa shape index (κ1) is 10.9. The molecule has 0 radical (unpaired) electrons. The summed E-state index contributed by atoms with van der Waals surface area (Å²) in [4.78, 5) is 14.2. The lowest BCUT2D eigenvalue weighted by Crippen LogP contribution is -2.45. The van der Waals surface area contributed by atoms with Gasteiger partial charge in [0, 0.05) is 19.6 Å². The first-order valence-corrected chi connectivity index (χ1v) is 5.99. The normalized spacial score (nSPS) is 24.3. The van der Waals surface area contributed by atoms with E-state index in [2.05, 4.69) is 0 Å². The molecule has 1 saturated heterocycles. The van der Waals surface area contributed by atoms with E-state index in [4.69, 9.17) is 5.73 Å². The molecule has 3 nitrogen and oxygen atoms in total. The number of nitrogens with two attached hydrogens (primary N) is 1. The van der Waals surface area contributed by atoms with Crippen LogP contribution in [0.1, 0.15) is 39.5 Å².